The van der Waals surface area contributed by atoms with Gasteiger partial charge in [-0.1, -0.05) is 128 Å². The summed E-state index contributed by atoms with van der Waals surface area (Å²) in [5.41, 5.74) is 5.01. The van der Waals surface area contributed by atoms with Crippen molar-refractivity contribution in [2.45, 2.75) is 118 Å². The van der Waals surface area contributed by atoms with Crippen LogP contribution < -0.4 is 0 Å². The first-order valence-corrected chi connectivity index (χ1v) is 16.5. The Morgan fingerprint density at radius 3 is 1.23 bits per heavy atom. The van der Waals surface area contributed by atoms with Gasteiger partial charge in [-0.3, -0.25) is 9.80 Å². The van der Waals surface area contributed by atoms with Crippen molar-refractivity contribution in [2.24, 2.45) is 0 Å². The van der Waals surface area contributed by atoms with Crippen LogP contribution in [-0.4, -0.2) is 49.4 Å². The molecule has 40 heavy (non-hydrogen) atoms. The van der Waals surface area contributed by atoms with E-state index in [2.05, 4.69) is 86.0 Å². The van der Waals surface area contributed by atoms with Gasteiger partial charge in [-0.25, -0.2) is 0 Å². The Kier molecular flexibility index (Phi) is 19.7. The highest BCUT2D eigenvalue weighted by Gasteiger charge is 2.12. The van der Waals surface area contributed by atoms with Crippen molar-refractivity contribution in [3.63, 3.8) is 0 Å². The zero-order valence-electron chi connectivity index (χ0n) is 26.5. The lowest BCUT2D eigenvalue weighted by molar-refractivity contribution is 0.0167. The van der Waals surface area contributed by atoms with Crippen LogP contribution in [0.1, 0.15) is 116 Å². The van der Waals surface area contributed by atoms with Crippen molar-refractivity contribution in [3.8, 4) is 11.1 Å². The van der Waals surface area contributed by atoms with E-state index < -0.39 is 0 Å². The molecule has 0 atom stereocenters. The number of unbranched alkanes of at least 4 members (excludes halogenated alkanes) is 8. The third-order valence-electron chi connectivity index (χ3n) is 7.70. The number of ether oxygens (including phenoxy) is 2. The zero-order chi connectivity index (χ0) is 28.7. The monoisotopic (exact) mass is 552 g/mol. The van der Waals surface area contributed by atoms with Crippen LogP contribution in [0.2, 0.25) is 0 Å². The largest absolute Gasteiger partial charge is 0.361 e. The second kappa shape index (κ2) is 22.9. The minimum Gasteiger partial charge on any atom is -0.361 e. The van der Waals surface area contributed by atoms with E-state index in [1.165, 1.54) is 99.3 Å². The van der Waals surface area contributed by atoms with Crippen LogP contribution in [0.3, 0.4) is 0 Å². The molecule has 0 radical (unpaired) electrons. The molecule has 0 amide bonds. The second-order valence-electron chi connectivity index (χ2n) is 11.3. The van der Waals surface area contributed by atoms with E-state index in [-0.39, 0.29) is 0 Å². The third-order valence-corrected chi connectivity index (χ3v) is 7.70. The number of rotatable bonds is 25. The summed E-state index contributed by atoms with van der Waals surface area (Å²) in [6.45, 7) is 16.3. The van der Waals surface area contributed by atoms with E-state index in [1.807, 2.05) is 0 Å². The average molecular weight is 553 g/mol. The van der Waals surface area contributed by atoms with Gasteiger partial charge in [0.2, 0.25) is 0 Å². The number of hydrogen-bond acceptors (Lipinski definition) is 4. The molecule has 4 heteroatoms. The Bertz CT molecular complexity index is 800. The fourth-order valence-corrected chi connectivity index (χ4v) is 5.16. The van der Waals surface area contributed by atoms with Gasteiger partial charge in [-0.15, -0.1) is 0 Å². The average Bonchev–Trinajstić information content (AvgIpc) is 2.98. The van der Waals surface area contributed by atoms with E-state index in [0.29, 0.717) is 26.7 Å². The van der Waals surface area contributed by atoms with Gasteiger partial charge in [-0.2, -0.15) is 0 Å². The molecule has 0 unspecified atom stereocenters. The Morgan fingerprint density at radius 1 is 0.450 bits per heavy atom. The molecule has 0 heterocycles. The summed E-state index contributed by atoms with van der Waals surface area (Å²) in [4.78, 5) is 4.99. The summed E-state index contributed by atoms with van der Waals surface area (Å²) < 4.78 is 12.7. The lowest BCUT2D eigenvalue weighted by atomic mass is 9.96. The Morgan fingerprint density at radius 2 is 0.825 bits per heavy atom. The topological polar surface area (TPSA) is 24.9 Å². The van der Waals surface area contributed by atoms with Crippen LogP contribution in [-0.2, 0) is 22.7 Å². The van der Waals surface area contributed by atoms with E-state index in [1.54, 1.807) is 0 Å². The number of nitrogens with zero attached hydrogens (tertiary/aromatic N) is 2. The molecule has 2 rings (SSSR count). The number of benzene rings is 2. The van der Waals surface area contributed by atoms with Crippen LogP contribution in [0.4, 0.5) is 0 Å². The summed E-state index contributed by atoms with van der Waals surface area (Å²) >= 11 is 0. The Labute approximate surface area is 247 Å². The van der Waals surface area contributed by atoms with Crippen LogP contribution in [0.5, 0.6) is 0 Å². The zero-order valence-corrected chi connectivity index (χ0v) is 26.5. The standard InChI is InChI=1S/C36H60N2O2/c1-5-9-13-19-27-37(25-11-7-3)31-39-29-33-21-15-17-23-35(33)36-24-18-16-22-34(36)30-40-32-38(26-12-8-4)28-20-14-10-6-2/h15-18,21-24H,5-14,19-20,25-32H2,1-4H3. The highest BCUT2D eigenvalue weighted by molar-refractivity contribution is 5.70. The summed E-state index contributed by atoms with van der Waals surface area (Å²) in [7, 11) is 0. The van der Waals surface area contributed by atoms with Crippen LogP contribution in [0.25, 0.3) is 11.1 Å². The van der Waals surface area contributed by atoms with Gasteiger partial charge < -0.3 is 9.47 Å². The smallest absolute Gasteiger partial charge is 0.0994 e. The molecule has 0 bridgehead atoms. The van der Waals surface area contributed by atoms with Gasteiger partial charge in [0.15, 0.2) is 0 Å². The van der Waals surface area contributed by atoms with Crippen LogP contribution >= 0.6 is 0 Å². The quantitative estimate of drug-likeness (QED) is 0.0904. The molecule has 0 saturated heterocycles. The second-order valence-corrected chi connectivity index (χ2v) is 11.3. The van der Waals surface area contributed by atoms with Crippen molar-refractivity contribution in [1.82, 2.24) is 9.80 Å². The van der Waals surface area contributed by atoms with Gasteiger partial charge >= 0.3 is 0 Å². The molecule has 226 valence electrons. The molecular formula is C36H60N2O2. The van der Waals surface area contributed by atoms with Gasteiger partial charge in [0.05, 0.1) is 26.7 Å². The lowest BCUT2D eigenvalue weighted by Gasteiger charge is -2.23. The maximum absolute atomic E-state index is 6.33. The predicted molar refractivity (Wildman–Crippen MR) is 172 cm³/mol. The molecule has 0 aliphatic carbocycles. The minimum atomic E-state index is 0.630. The maximum Gasteiger partial charge on any atom is 0.0994 e. The van der Waals surface area contributed by atoms with Crippen LogP contribution in [0.15, 0.2) is 48.5 Å². The van der Waals surface area contributed by atoms with E-state index in [9.17, 15) is 0 Å². The Balaban J connectivity index is 1.99. The molecule has 2 aromatic rings. The van der Waals surface area contributed by atoms with Crippen molar-refractivity contribution in [1.29, 1.82) is 0 Å². The molecule has 0 aliphatic rings. The fourth-order valence-electron chi connectivity index (χ4n) is 5.16. The SMILES string of the molecule is CCCCCCN(CCCC)COCc1ccccc1-c1ccccc1COCN(CCCC)CCCCCC. The van der Waals surface area contributed by atoms with E-state index >= 15 is 0 Å². The van der Waals surface area contributed by atoms with Crippen LogP contribution in [0, 0.1) is 0 Å². The molecule has 4 nitrogen and oxygen atoms in total. The van der Waals surface area contributed by atoms with Gasteiger partial charge in [-0.05, 0) is 47.9 Å². The third kappa shape index (κ3) is 14.3. The molecule has 0 N–H and O–H groups in total. The summed E-state index contributed by atoms with van der Waals surface area (Å²) in [6, 6.07) is 17.4. The summed E-state index contributed by atoms with van der Waals surface area (Å²) in [5.74, 6) is 0. The molecular weight excluding hydrogens is 492 g/mol. The maximum atomic E-state index is 6.33. The highest BCUT2D eigenvalue weighted by Crippen LogP contribution is 2.28. The Hall–Kier alpha value is -1.72. The van der Waals surface area contributed by atoms with Crippen molar-refractivity contribution >= 4 is 0 Å². The summed E-state index contributed by atoms with van der Waals surface area (Å²) in [6.07, 6.45) is 15.3. The molecule has 0 aromatic heterocycles. The van der Waals surface area contributed by atoms with Crippen molar-refractivity contribution < 1.29 is 9.47 Å². The molecule has 2 aromatic carbocycles. The van der Waals surface area contributed by atoms with Gasteiger partial charge in [0, 0.05) is 26.2 Å². The first-order valence-electron chi connectivity index (χ1n) is 16.5. The van der Waals surface area contributed by atoms with E-state index in [0.717, 1.165) is 26.2 Å². The number of hydrogen-bond donors (Lipinski definition) is 0. The van der Waals surface area contributed by atoms with Gasteiger partial charge in [0.1, 0.15) is 0 Å². The molecule has 0 saturated carbocycles. The van der Waals surface area contributed by atoms with Crippen molar-refractivity contribution in [3.05, 3.63) is 59.7 Å². The normalized spacial score (nSPS) is 11.7. The van der Waals surface area contributed by atoms with Gasteiger partial charge in [0.25, 0.3) is 0 Å². The molecule has 0 aliphatic heterocycles. The summed E-state index contributed by atoms with van der Waals surface area (Å²) in [5, 5.41) is 0. The molecule has 0 fully saturated rings. The molecule has 0 spiro atoms. The highest BCUT2D eigenvalue weighted by atomic mass is 16.5. The van der Waals surface area contributed by atoms with E-state index in [4.69, 9.17) is 9.47 Å². The first kappa shape index (κ1) is 34.5. The van der Waals surface area contributed by atoms with Crippen molar-refractivity contribution in [2.75, 3.05) is 39.6 Å². The first-order chi connectivity index (χ1) is 19.7. The minimum absolute atomic E-state index is 0.630. The lowest BCUT2D eigenvalue weighted by Crippen LogP contribution is -2.29. The predicted octanol–water partition coefficient (Wildman–Crippen LogP) is 9.67. The fraction of sp³-hybridized carbons (Fsp3) is 0.667.